The molecule has 0 saturated carbocycles. The second-order valence-corrected chi connectivity index (χ2v) is 32.0. The van der Waals surface area contributed by atoms with Crippen LogP contribution in [0, 0.1) is 23.7 Å². The van der Waals surface area contributed by atoms with Gasteiger partial charge in [-0.25, -0.2) is 9.13 Å². The van der Waals surface area contributed by atoms with Gasteiger partial charge in [0.05, 0.1) is 26.4 Å². The van der Waals surface area contributed by atoms with E-state index in [1.165, 1.54) is 180 Å². The highest BCUT2D eigenvalue weighted by Crippen LogP contribution is 2.45. The van der Waals surface area contributed by atoms with Crippen LogP contribution < -0.4 is 0 Å². The Morgan fingerprint density at radius 2 is 0.505 bits per heavy atom. The minimum Gasteiger partial charge on any atom is -0.462 e. The van der Waals surface area contributed by atoms with Crippen molar-refractivity contribution in [1.82, 2.24) is 0 Å². The summed E-state index contributed by atoms with van der Waals surface area (Å²) in [5.74, 6) is 0.929. The molecular weight excluding hydrogens is 1250 g/mol. The Morgan fingerprint density at radius 3 is 0.747 bits per heavy atom. The van der Waals surface area contributed by atoms with Crippen molar-refractivity contribution in [1.29, 1.82) is 0 Å². The molecule has 0 amide bonds. The van der Waals surface area contributed by atoms with Gasteiger partial charge in [-0.2, -0.15) is 0 Å². The molecule has 0 aromatic heterocycles. The van der Waals surface area contributed by atoms with Crippen LogP contribution in [-0.2, 0) is 65.4 Å². The first-order valence-electron chi connectivity index (χ1n) is 39.2. The van der Waals surface area contributed by atoms with E-state index in [4.69, 9.17) is 37.0 Å². The van der Waals surface area contributed by atoms with Crippen molar-refractivity contribution in [3.8, 4) is 0 Å². The lowest BCUT2D eigenvalue weighted by molar-refractivity contribution is -0.161. The van der Waals surface area contributed by atoms with E-state index in [-0.39, 0.29) is 25.7 Å². The van der Waals surface area contributed by atoms with Crippen molar-refractivity contribution in [2.45, 2.75) is 401 Å². The van der Waals surface area contributed by atoms with Gasteiger partial charge in [0.2, 0.25) is 0 Å². The van der Waals surface area contributed by atoms with Gasteiger partial charge in [0.1, 0.15) is 19.3 Å². The predicted octanol–water partition coefficient (Wildman–Crippen LogP) is 22.0. The summed E-state index contributed by atoms with van der Waals surface area (Å²) in [7, 11) is -9.91. The summed E-state index contributed by atoms with van der Waals surface area (Å²) in [6.07, 6.45) is 50.1. The number of esters is 4. The summed E-state index contributed by atoms with van der Waals surface area (Å²) < 4.78 is 68.5. The lowest BCUT2D eigenvalue weighted by atomic mass is 9.99. The first kappa shape index (κ1) is 93.1. The highest BCUT2D eigenvalue weighted by molar-refractivity contribution is 7.47. The largest absolute Gasteiger partial charge is 0.472 e. The fourth-order valence-electron chi connectivity index (χ4n) is 11.5. The summed E-state index contributed by atoms with van der Waals surface area (Å²) >= 11 is 0. The third-order valence-corrected chi connectivity index (χ3v) is 19.8. The van der Waals surface area contributed by atoms with Gasteiger partial charge in [-0.05, 0) is 49.4 Å². The Hall–Kier alpha value is -1.94. The summed E-state index contributed by atoms with van der Waals surface area (Å²) in [6.45, 7) is 14.2. The van der Waals surface area contributed by atoms with Crippen LogP contribution in [0.25, 0.3) is 0 Å². The zero-order chi connectivity index (χ0) is 70.3. The molecule has 95 heavy (non-hydrogen) atoms. The monoisotopic (exact) mass is 1400 g/mol. The number of phosphoric ester groups is 2. The van der Waals surface area contributed by atoms with E-state index in [1.54, 1.807) is 0 Å². The Balaban J connectivity index is 5.23. The van der Waals surface area contributed by atoms with Crippen LogP contribution in [0.4, 0.5) is 0 Å². The van der Waals surface area contributed by atoms with Gasteiger partial charge in [-0.15, -0.1) is 0 Å². The molecule has 0 bridgehead atoms. The summed E-state index contributed by atoms with van der Waals surface area (Å²) in [5.41, 5.74) is 0. The van der Waals surface area contributed by atoms with Gasteiger partial charge in [0.15, 0.2) is 12.2 Å². The quantitative estimate of drug-likeness (QED) is 0.0222. The maximum Gasteiger partial charge on any atom is 0.472 e. The van der Waals surface area contributed by atoms with Crippen LogP contribution >= 0.6 is 15.6 Å². The fourth-order valence-corrected chi connectivity index (χ4v) is 13.1. The molecule has 0 radical (unpaired) electrons. The summed E-state index contributed by atoms with van der Waals surface area (Å²) in [5, 5.41) is 10.6. The fraction of sp³-hybridized carbons (Fsp3) is 0.947. The highest BCUT2D eigenvalue weighted by Gasteiger charge is 2.30. The maximum atomic E-state index is 13.1. The number of aliphatic hydroxyl groups excluding tert-OH is 1. The average Bonchev–Trinajstić information content (AvgIpc) is 2.11. The third-order valence-electron chi connectivity index (χ3n) is 17.9. The van der Waals surface area contributed by atoms with E-state index in [2.05, 4.69) is 55.4 Å². The number of carbonyl (C=O) groups is 4. The van der Waals surface area contributed by atoms with E-state index in [9.17, 15) is 43.2 Å². The standard InChI is InChI=1S/C76H148O17P2/c1-9-69(8)55-47-39-30-24-18-14-10-11-15-19-25-31-40-48-56-73(78)86-62-71(92-75(80)58-50-42-32-26-20-16-12-13-17-22-28-36-44-52-66(2)3)64-90-94(82,83)88-60-70(77)61-89-95(84,85)91-65-72(63-87-74(79)57-49-41-35-34-38-46-54-68(6)7)93-76(81)59-51-43-33-27-21-23-29-37-45-53-67(4)5/h66-72,77H,9-65H2,1-8H3,(H,82,83)(H,84,85)/t69?,70-,71-,72-/m1/s1. The Labute approximate surface area is 581 Å². The number of hydrogen-bond donors (Lipinski definition) is 3. The first-order chi connectivity index (χ1) is 45.6. The van der Waals surface area contributed by atoms with Crippen molar-refractivity contribution >= 4 is 39.5 Å². The molecule has 0 heterocycles. The van der Waals surface area contributed by atoms with E-state index in [1.807, 2.05) is 0 Å². The molecule has 0 aliphatic heterocycles. The molecule has 564 valence electrons. The zero-order valence-electron chi connectivity index (χ0n) is 62.3. The molecule has 0 aromatic carbocycles. The topological polar surface area (TPSA) is 237 Å². The molecular formula is C76H148O17P2. The van der Waals surface area contributed by atoms with E-state index in [0.29, 0.717) is 31.6 Å². The molecule has 3 N–H and O–H groups in total. The smallest absolute Gasteiger partial charge is 0.462 e. The predicted molar refractivity (Wildman–Crippen MR) is 386 cm³/mol. The minimum absolute atomic E-state index is 0.104. The van der Waals surface area contributed by atoms with Crippen LogP contribution in [0.1, 0.15) is 383 Å². The van der Waals surface area contributed by atoms with Crippen molar-refractivity contribution in [3.05, 3.63) is 0 Å². The second-order valence-electron chi connectivity index (χ2n) is 29.1. The van der Waals surface area contributed by atoms with E-state index >= 15 is 0 Å². The maximum absolute atomic E-state index is 13.1. The molecule has 0 aliphatic carbocycles. The van der Waals surface area contributed by atoms with Crippen LogP contribution in [0.2, 0.25) is 0 Å². The van der Waals surface area contributed by atoms with E-state index < -0.39 is 97.5 Å². The molecule has 0 fully saturated rings. The van der Waals surface area contributed by atoms with Crippen LogP contribution in [0.15, 0.2) is 0 Å². The van der Waals surface area contributed by atoms with Gasteiger partial charge in [0, 0.05) is 25.7 Å². The first-order valence-corrected chi connectivity index (χ1v) is 42.2. The number of unbranched alkanes of at least 4 members (excludes halogenated alkanes) is 38. The van der Waals surface area contributed by atoms with Gasteiger partial charge in [-0.3, -0.25) is 37.3 Å². The Bertz CT molecular complexity index is 1870. The lowest BCUT2D eigenvalue weighted by Gasteiger charge is -2.21. The van der Waals surface area contributed by atoms with Crippen molar-refractivity contribution in [2.24, 2.45) is 23.7 Å². The van der Waals surface area contributed by atoms with Crippen molar-refractivity contribution < 1.29 is 80.2 Å². The molecule has 0 spiro atoms. The van der Waals surface area contributed by atoms with Crippen molar-refractivity contribution in [3.63, 3.8) is 0 Å². The third kappa shape index (κ3) is 69.0. The molecule has 0 saturated heterocycles. The molecule has 0 rings (SSSR count). The molecule has 3 unspecified atom stereocenters. The van der Waals surface area contributed by atoms with Crippen LogP contribution in [-0.4, -0.2) is 96.7 Å². The number of rotatable bonds is 73. The summed E-state index contributed by atoms with van der Waals surface area (Å²) in [6, 6.07) is 0. The molecule has 0 aliphatic rings. The number of phosphoric acid groups is 2. The van der Waals surface area contributed by atoms with Crippen LogP contribution in [0.3, 0.4) is 0 Å². The van der Waals surface area contributed by atoms with Crippen molar-refractivity contribution in [2.75, 3.05) is 39.6 Å². The molecule has 17 nitrogen and oxygen atoms in total. The Kier molecular flexibility index (Phi) is 64.0. The zero-order valence-corrected chi connectivity index (χ0v) is 64.1. The number of hydrogen-bond acceptors (Lipinski definition) is 15. The number of ether oxygens (including phenoxy) is 4. The molecule has 0 aromatic rings. The van der Waals surface area contributed by atoms with Crippen LogP contribution in [0.5, 0.6) is 0 Å². The van der Waals surface area contributed by atoms with Gasteiger partial charge in [-0.1, -0.05) is 331 Å². The normalized spacial score (nSPS) is 14.4. The van der Waals surface area contributed by atoms with E-state index in [0.717, 1.165) is 114 Å². The SMILES string of the molecule is CCC(C)CCCCCCCCCCCCCCCCC(=O)OC[C@H](COP(=O)(O)OC[C@@H](O)COP(=O)(O)OC[C@@H](COC(=O)CCCCCCCCC(C)C)OC(=O)CCCCCCCCCCCC(C)C)OC(=O)CCCCCCCCCCCCCCCC(C)C. The number of aliphatic hydroxyl groups is 1. The van der Waals surface area contributed by atoms with Gasteiger partial charge in [0.25, 0.3) is 0 Å². The Morgan fingerprint density at radius 1 is 0.295 bits per heavy atom. The lowest BCUT2D eigenvalue weighted by Crippen LogP contribution is -2.30. The minimum atomic E-state index is -4.96. The van der Waals surface area contributed by atoms with Gasteiger partial charge >= 0.3 is 39.5 Å². The second kappa shape index (κ2) is 65.4. The summed E-state index contributed by atoms with van der Waals surface area (Å²) in [4.78, 5) is 72.8. The average molecular weight is 1400 g/mol. The highest BCUT2D eigenvalue weighted by atomic mass is 31.2. The molecule has 6 atom stereocenters. The van der Waals surface area contributed by atoms with Gasteiger partial charge < -0.3 is 33.8 Å². The molecule has 19 heteroatoms. The number of carbonyl (C=O) groups excluding carboxylic acids is 4.